The molecule has 0 saturated carbocycles. The molecule has 2 aromatic carbocycles. The van der Waals surface area contributed by atoms with Crippen LogP contribution in [0.3, 0.4) is 0 Å². The van der Waals surface area contributed by atoms with Crippen molar-refractivity contribution in [3.63, 3.8) is 0 Å². The molecule has 1 unspecified atom stereocenters. The highest BCUT2D eigenvalue weighted by atomic mass is 32.2. The Bertz CT molecular complexity index is 1280. The molecule has 0 aliphatic carbocycles. The lowest BCUT2D eigenvalue weighted by atomic mass is 10.0. The highest BCUT2D eigenvalue weighted by Crippen LogP contribution is 2.37. The molecule has 188 valence electrons. The fourth-order valence-corrected chi connectivity index (χ4v) is 5.43. The van der Waals surface area contributed by atoms with Crippen LogP contribution in [0.5, 0.6) is 5.75 Å². The lowest BCUT2D eigenvalue weighted by Gasteiger charge is -2.21. The van der Waals surface area contributed by atoms with E-state index < -0.39 is 0 Å². The molecule has 4 rings (SSSR count). The Labute approximate surface area is 223 Å². The van der Waals surface area contributed by atoms with Gasteiger partial charge in [-0.1, -0.05) is 63.0 Å². The Morgan fingerprint density at radius 1 is 1.14 bits per heavy atom. The number of para-hydroxylation sites is 1. The minimum Gasteiger partial charge on any atom is -0.493 e. The molecule has 7 heteroatoms. The summed E-state index contributed by atoms with van der Waals surface area (Å²) in [5.41, 5.74) is 4.67. The molecular weight excluding hydrogens is 486 g/mol. The van der Waals surface area contributed by atoms with Crippen LogP contribution in [-0.2, 0) is 4.79 Å². The molecule has 0 bridgehead atoms. The van der Waals surface area contributed by atoms with Gasteiger partial charge in [0.05, 0.1) is 17.2 Å². The maximum Gasteiger partial charge on any atom is 0.266 e. The van der Waals surface area contributed by atoms with Crippen LogP contribution in [0.4, 0.5) is 0 Å². The quantitative estimate of drug-likeness (QED) is 0.220. The maximum atomic E-state index is 13.2. The summed E-state index contributed by atoms with van der Waals surface area (Å²) in [7, 11) is 0. The number of ether oxygens (including phenoxy) is 1. The van der Waals surface area contributed by atoms with Crippen molar-refractivity contribution in [2.45, 2.75) is 53.5 Å². The standard InChI is InChI=1S/C29H33N3O2S2/c1-6-21(5)32-28(33)26(36-29(32)35)17-23-18-31(24-10-8-7-9-11-24)30-27(23)22-12-13-25(20(4)16-22)34-15-14-19(2)3/h7-13,16-19,21H,6,14-15H2,1-5H3. The van der Waals surface area contributed by atoms with E-state index in [0.29, 0.717) is 21.8 Å². The number of hydrogen-bond donors (Lipinski definition) is 0. The van der Waals surface area contributed by atoms with Crippen LogP contribution in [0.15, 0.2) is 59.6 Å². The predicted molar refractivity (Wildman–Crippen MR) is 153 cm³/mol. The maximum absolute atomic E-state index is 13.2. The topological polar surface area (TPSA) is 47.4 Å². The molecule has 3 aromatic rings. The van der Waals surface area contributed by atoms with Crippen molar-refractivity contribution in [3.8, 4) is 22.7 Å². The van der Waals surface area contributed by atoms with E-state index in [2.05, 4.69) is 33.8 Å². The number of benzene rings is 2. The first-order valence-corrected chi connectivity index (χ1v) is 13.7. The van der Waals surface area contributed by atoms with Crippen LogP contribution in [0.2, 0.25) is 0 Å². The zero-order valence-electron chi connectivity index (χ0n) is 21.5. The second-order valence-electron chi connectivity index (χ2n) is 9.53. The fraction of sp³-hybridized carbons (Fsp3) is 0.345. The van der Waals surface area contributed by atoms with Gasteiger partial charge < -0.3 is 4.74 Å². The van der Waals surface area contributed by atoms with Crippen LogP contribution in [0.1, 0.15) is 51.7 Å². The van der Waals surface area contributed by atoms with Gasteiger partial charge in [0.2, 0.25) is 0 Å². The molecule has 1 amide bonds. The zero-order valence-corrected chi connectivity index (χ0v) is 23.2. The minimum absolute atomic E-state index is 0.0390. The van der Waals surface area contributed by atoms with Crippen molar-refractivity contribution < 1.29 is 9.53 Å². The van der Waals surface area contributed by atoms with Crippen LogP contribution >= 0.6 is 24.0 Å². The molecule has 0 N–H and O–H groups in total. The molecule has 5 nitrogen and oxygen atoms in total. The van der Waals surface area contributed by atoms with E-state index in [1.807, 2.05) is 66.3 Å². The van der Waals surface area contributed by atoms with E-state index in [0.717, 1.165) is 46.7 Å². The number of carbonyl (C=O) groups is 1. The average molecular weight is 520 g/mol. The van der Waals surface area contributed by atoms with E-state index in [9.17, 15) is 4.79 Å². The average Bonchev–Trinajstić information content (AvgIpc) is 3.40. The fourth-order valence-electron chi connectivity index (χ4n) is 3.98. The van der Waals surface area contributed by atoms with Crippen molar-refractivity contribution in [1.82, 2.24) is 14.7 Å². The molecule has 1 aliphatic heterocycles. The van der Waals surface area contributed by atoms with Gasteiger partial charge in [0.1, 0.15) is 15.8 Å². The van der Waals surface area contributed by atoms with E-state index in [-0.39, 0.29) is 11.9 Å². The number of aromatic nitrogens is 2. The van der Waals surface area contributed by atoms with Gasteiger partial charge in [-0.25, -0.2) is 4.68 Å². The summed E-state index contributed by atoms with van der Waals surface area (Å²) in [4.78, 5) is 15.5. The molecule has 0 radical (unpaired) electrons. The number of carbonyl (C=O) groups excluding carboxylic acids is 1. The third-order valence-electron chi connectivity index (χ3n) is 6.31. The summed E-state index contributed by atoms with van der Waals surface area (Å²) in [6, 6.07) is 16.2. The summed E-state index contributed by atoms with van der Waals surface area (Å²) in [5.74, 6) is 1.45. The lowest BCUT2D eigenvalue weighted by Crippen LogP contribution is -2.36. The highest BCUT2D eigenvalue weighted by molar-refractivity contribution is 8.26. The number of thioether (sulfide) groups is 1. The first-order chi connectivity index (χ1) is 17.3. The number of rotatable bonds is 9. The summed E-state index contributed by atoms with van der Waals surface area (Å²) in [6.45, 7) is 11.2. The minimum atomic E-state index is -0.0390. The number of thiocarbonyl (C=S) groups is 1. The number of amides is 1. The Hall–Kier alpha value is -2.90. The zero-order chi connectivity index (χ0) is 25.8. The second kappa shape index (κ2) is 11.4. The van der Waals surface area contributed by atoms with E-state index in [1.54, 1.807) is 4.90 Å². The molecule has 36 heavy (non-hydrogen) atoms. The van der Waals surface area contributed by atoms with Crippen molar-refractivity contribution in [2.24, 2.45) is 5.92 Å². The van der Waals surface area contributed by atoms with Gasteiger partial charge in [-0.2, -0.15) is 5.10 Å². The molecule has 2 heterocycles. The summed E-state index contributed by atoms with van der Waals surface area (Å²) < 4.78 is 8.48. The van der Waals surface area contributed by atoms with Crippen molar-refractivity contribution >= 4 is 40.3 Å². The SMILES string of the molecule is CCC(C)N1C(=O)C(=Cc2cn(-c3ccccc3)nc2-c2ccc(OCCC(C)C)c(C)c2)SC1=S. The smallest absolute Gasteiger partial charge is 0.266 e. The first kappa shape index (κ1) is 26.2. The molecule has 1 aromatic heterocycles. The largest absolute Gasteiger partial charge is 0.493 e. The monoisotopic (exact) mass is 519 g/mol. The molecule has 1 atom stereocenters. The number of hydrogen-bond acceptors (Lipinski definition) is 5. The van der Waals surface area contributed by atoms with E-state index in [4.69, 9.17) is 22.1 Å². The third-order valence-corrected chi connectivity index (χ3v) is 7.64. The molecular formula is C29H33N3O2S2. The van der Waals surface area contributed by atoms with Crippen LogP contribution in [0.25, 0.3) is 23.0 Å². The van der Waals surface area contributed by atoms with Crippen molar-refractivity contribution in [3.05, 3.63) is 70.8 Å². The third kappa shape index (κ3) is 5.73. The normalized spacial score (nSPS) is 15.8. The highest BCUT2D eigenvalue weighted by Gasteiger charge is 2.35. The van der Waals surface area contributed by atoms with Gasteiger partial charge >= 0.3 is 0 Å². The van der Waals surface area contributed by atoms with Gasteiger partial charge in [0.25, 0.3) is 5.91 Å². The molecule has 1 fully saturated rings. The Balaban J connectivity index is 1.72. The number of aryl methyl sites for hydroxylation is 1. The molecule has 1 saturated heterocycles. The Morgan fingerprint density at radius 2 is 1.89 bits per heavy atom. The lowest BCUT2D eigenvalue weighted by molar-refractivity contribution is -0.123. The summed E-state index contributed by atoms with van der Waals surface area (Å²) in [5, 5.41) is 4.93. The summed E-state index contributed by atoms with van der Waals surface area (Å²) >= 11 is 6.89. The van der Waals surface area contributed by atoms with Gasteiger partial charge in [-0.05, 0) is 74.6 Å². The molecule has 1 aliphatic rings. The van der Waals surface area contributed by atoms with Gasteiger partial charge in [-0.3, -0.25) is 9.69 Å². The van der Waals surface area contributed by atoms with Gasteiger partial charge in [0, 0.05) is 23.4 Å². The number of nitrogens with zero attached hydrogens (tertiary/aromatic N) is 3. The van der Waals surface area contributed by atoms with Crippen LogP contribution < -0.4 is 4.74 Å². The first-order valence-electron chi connectivity index (χ1n) is 12.4. The predicted octanol–water partition coefficient (Wildman–Crippen LogP) is 7.27. The molecule has 0 spiro atoms. The Morgan fingerprint density at radius 3 is 2.56 bits per heavy atom. The van der Waals surface area contributed by atoms with Crippen molar-refractivity contribution in [1.29, 1.82) is 0 Å². The van der Waals surface area contributed by atoms with Crippen LogP contribution in [-0.4, -0.2) is 37.6 Å². The van der Waals surface area contributed by atoms with Gasteiger partial charge in [0.15, 0.2) is 0 Å². The van der Waals surface area contributed by atoms with Crippen molar-refractivity contribution in [2.75, 3.05) is 6.61 Å². The second-order valence-corrected chi connectivity index (χ2v) is 11.2. The van der Waals surface area contributed by atoms with Crippen LogP contribution in [0, 0.1) is 12.8 Å². The van der Waals surface area contributed by atoms with Gasteiger partial charge in [-0.15, -0.1) is 0 Å². The van der Waals surface area contributed by atoms with E-state index in [1.165, 1.54) is 11.8 Å². The Kier molecular flexibility index (Phi) is 8.32. The van der Waals surface area contributed by atoms with E-state index >= 15 is 0 Å². The summed E-state index contributed by atoms with van der Waals surface area (Å²) in [6.07, 6.45) is 5.76.